The molecule has 0 heterocycles. The first kappa shape index (κ1) is 98.2. The van der Waals surface area contributed by atoms with Gasteiger partial charge >= 0.3 is 39.5 Å². The number of unbranched alkanes of at least 4 members (excludes halogenated alkanes) is 15. The SMILES string of the molecule is CC/C=C\C/C=C\C/C=C\C/C=C\C/C=C\C/C=C\CCC(=O)OCC(COP(=O)(O)OCC(O)COP(=O)(O)OCC(COC(=O)CCCCCCCCC/C=C\C/C=C\C/C=C\CC)OC(=O)CCCCCCC/C=C\CCCC)OC(=O)CCC/C=C\C/C=C\C/C=C\C/C=C\C/C=C\CC. The molecule has 0 amide bonds. The number of allylic oxidation sites excluding steroid dienone is 30. The highest BCUT2D eigenvalue weighted by atomic mass is 31.2. The van der Waals surface area contributed by atoms with Gasteiger partial charge in [-0.3, -0.25) is 37.3 Å². The fourth-order valence-electron chi connectivity index (χ4n) is 9.51. The Morgan fingerprint density at radius 3 is 0.875 bits per heavy atom. The first-order chi connectivity index (χ1) is 50.7. The van der Waals surface area contributed by atoms with E-state index in [1.165, 1.54) is 12.8 Å². The average molecular weight is 1490 g/mol. The third-order valence-corrected chi connectivity index (χ3v) is 17.3. The van der Waals surface area contributed by atoms with Gasteiger partial charge in [0.05, 0.1) is 26.4 Å². The molecule has 0 aliphatic carbocycles. The second-order valence-corrected chi connectivity index (χ2v) is 28.1. The number of hydrogen-bond acceptors (Lipinski definition) is 15. The molecule has 104 heavy (non-hydrogen) atoms. The maximum Gasteiger partial charge on any atom is 0.472 e. The molecule has 0 aromatic carbocycles. The minimum atomic E-state index is -5.02. The second-order valence-electron chi connectivity index (χ2n) is 25.1. The van der Waals surface area contributed by atoms with Crippen molar-refractivity contribution in [3.63, 3.8) is 0 Å². The van der Waals surface area contributed by atoms with Crippen molar-refractivity contribution in [1.82, 2.24) is 0 Å². The molecule has 0 fully saturated rings. The maximum atomic E-state index is 13.1. The number of esters is 4. The van der Waals surface area contributed by atoms with Crippen LogP contribution in [-0.2, 0) is 65.4 Å². The molecule has 5 unspecified atom stereocenters. The lowest BCUT2D eigenvalue weighted by Crippen LogP contribution is -2.30. The Kier molecular flexibility index (Phi) is 71.2. The molecule has 19 heteroatoms. The van der Waals surface area contributed by atoms with Crippen LogP contribution in [0.25, 0.3) is 0 Å². The number of carbonyl (C=O) groups is 4. The van der Waals surface area contributed by atoms with Crippen LogP contribution in [0.4, 0.5) is 0 Å². The summed E-state index contributed by atoms with van der Waals surface area (Å²) in [7, 11) is -10.0. The summed E-state index contributed by atoms with van der Waals surface area (Å²) in [4.78, 5) is 72.9. The molecule has 0 saturated carbocycles. The Morgan fingerprint density at radius 2 is 0.529 bits per heavy atom. The smallest absolute Gasteiger partial charge is 0.462 e. The monoisotopic (exact) mass is 1490 g/mol. The molecule has 0 aromatic rings. The molecule has 3 N–H and O–H groups in total. The quantitative estimate of drug-likeness (QED) is 0.0169. The molecule has 0 saturated heterocycles. The van der Waals surface area contributed by atoms with Gasteiger partial charge in [0.25, 0.3) is 0 Å². The summed E-state index contributed by atoms with van der Waals surface area (Å²) in [6.07, 6.45) is 90.5. The van der Waals surface area contributed by atoms with Crippen molar-refractivity contribution in [1.29, 1.82) is 0 Å². The zero-order chi connectivity index (χ0) is 76.0. The summed E-state index contributed by atoms with van der Waals surface area (Å²) in [6, 6.07) is 0. The summed E-state index contributed by atoms with van der Waals surface area (Å²) < 4.78 is 68.4. The zero-order valence-corrected chi connectivity index (χ0v) is 65.9. The molecule has 0 radical (unpaired) electrons. The van der Waals surface area contributed by atoms with Gasteiger partial charge < -0.3 is 33.8 Å². The maximum absolute atomic E-state index is 13.1. The van der Waals surface area contributed by atoms with E-state index in [1.807, 2.05) is 30.4 Å². The number of ether oxygens (including phenoxy) is 4. The molecule has 0 aliphatic rings. The van der Waals surface area contributed by atoms with Crippen LogP contribution in [0.1, 0.15) is 272 Å². The van der Waals surface area contributed by atoms with Crippen molar-refractivity contribution in [2.75, 3.05) is 39.6 Å². The van der Waals surface area contributed by atoms with Gasteiger partial charge in [0.2, 0.25) is 0 Å². The Labute approximate surface area is 628 Å². The number of rotatable bonds is 71. The van der Waals surface area contributed by atoms with Crippen molar-refractivity contribution >= 4 is 39.5 Å². The van der Waals surface area contributed by atoms with Gasteiger partial charge in [-0.15, -0.1) is 0 Å². The average Bonchev–Trinajstić information content (AvgIpc) is 0.931. The molecule has 0 rings (SSSR count). The Hall–Kier alpha value is -5.84. The van der Waals surface area contributed by atoms with Gasteiger partial charge in [0, 0.05) is 25.7 Å². The zero-order valence-electron chi connectivity index (χ0n) is 64.1. The lowest BCUT2D eigenvalue weighted by Gasteiger charge is -2.21. The topological polar surface area (TPSA) is 237 Å². The lowest BCUT2D eigenvalue weighted by molar-refractivity contribution is -0.161. The highest BCUT2D eigenvalue weighted by Crippen LogP contribution is 2.45. The van der Waals surface area contributed by atoms with Gasteiger partial charge in [0.15, 0.2) is 12.2 Å². The second kappa shape index (κ2) is 75.4. The largest absolute Gasteiger partial charge is 0.472 e. The summed E-state index contributed by atoms with van der Waals surface area (Å²) in [5, 5.41) is 10.6. The number of phosphoric ester groups is 2. The van der Waals surface area contributed by atoms with Crippen molar-refractivity contribution < 1.29 is 80.2 Å². The van der Waals surface area contributed by atoms with Crippen molar-refractivity contribution in [3.05, 3.63) is 182 Å². The molecule has 588 valence electrons. The molecule has 0 bridgehead atoms. The van der Waals surface area contributed by atoms with Gasteiger partial charge in [0.1, 0.15) is 19.3 Å². The highest BCUT2D eigenvalue weighted by molar-refractivity contribution is 7.47. The fourth-order valence-corrected chi connectivity index (χ4v) is 11.1. The van der Waals surface area contributed by atoms with Gasteiger partial charge in [-0.25, -0.2) is 9.13 Å². The third kappa shape index (κ3) is 74.4. The number of aliphatic hydroxyl groups is 1. The Balaban J connectivity index is 5.48. The van der Waals surface area contributed by atoms with Gasteiger partial charge in [-0.2, -0.15) is 0 Å². The van der Waals surface area contributed by atoms with E-state index < -0.39 is 97.5 Å². The summed E-state index contributed by atoms with van der Waals surface area (Å²) in [5.41, 5.74) is 0. The van der Waals surface area contributed by atoms with E-state index in [0.717, 1.165) is 167 Å². The van der Waals surface area contributed by atoms with Crippen LogP contribution in [0, 0.1) is 0 Å². The number of phosphoric acid groups is 2. The summed E-state index contributed by atoms with van der Waals surface area (Å²) >= 11 is 0. The van der Waals surface area contributed by atoms with Gasteiger partial charge in [-0.1, -0.05) is 274 Å². The van der Waals surface area contributed by atoms with Crippen LogP contribution < -0.4 is 0 Å². The van der Waals surface area contributed by atoms with Crippen LogP contribution >= 0.6 is 15.6 Å². The van der Waals surface area contributed by atoms with Crippen LogP contribution in [0.2, 0.25) is 0 Å². The van der Waals surface area contributed by atoms with E-state index in [1.54, 1.807) is 0 Å². The summed E-state index contributed by atoms with van der Waals surface area (Å²) in [6.45, 7) is 4.29. The minimum Gasteiger partial charge on any atom is -0.462 e. The highest BCUT2D eigenvalue weighted by Gasteiger charge is 2.30. The van der Waals surface area contributed by atoms with Gasteiger partial charge in [-0.05, 0) is 154 Å². The summed E-state index contributed by atoms with van der Waals surface area (Å²) in [5.74, 6) is -2.38. The third-order valence-electron chi connectivity index (χ3n) is 15.4. The van der Waals surface area contributed by atoms with E-state index in [9.17, 15) is 43.2 Å². The Bertz CT molecular complexity index is 2690. The van der Waals surface area contributed by atoms with Crippen LogP contribution in [0.5, 0.6) is 0 Å². The molecule has 17 nitrogen and oxygen atoms in total. The number of carbonyl (C=O) groups excluding carboxylic acids is 4. The molecule has 5 atom stereocenters. The number of aliphatic hydroxyl groups excluding tert-OH is 1. The molecule has 0 aromatic heterocycles. The van der Waals surface area contributed by atoms with Crippen LogP contribution in [-0.4, -0.2) is 96.7 Å². The van der Waals surface area contributed by atoms with Crippen molar-refractivity contribution in [3.8, 4) is 0 Å². The normalized spacial score (nSPS) is 14.9. The predicted molar refractivity (Wildman–Crippen MR) is 426 cm³/mol. The van der Waals surface area contributed by atoms with E-state index in [4.69, 9.17) is 37.0 Å². The lowest BCUT2D eigenvalue weighted by atomic mass is 10.1. The standard InChI is InChI=1S/C85H136O17P2/c1-5-9-13-17-21-25-29-32-35-38-39-42-44-47-51-54-58-62-66-70-83(88)96-76-81(102-85(90)72-68-64-60-56-52-48-45-41-37-34-31-27-23-19-15-11-7-3)78-100-104(93,94)98-74-79(86)73-97-103(91,92)99-77-80(101-84(89)71-67-63-59-55-49-28-24-20-16-12-8-4)75-95-82(87)69-65-61-57-53-50-46-43-40-36-33-30-26-22-18-14-10-6-2/h9-11,13-15,20-27,32-37,39,42,45,47-48,51,56,58,60,62,79-81,86H,5-8,12,16-19,28-31,38,40-41,43-44,46,49-50,52-55,57,59,61,63-78H2,1-4H3,(H,91,92)(H,93,94)/b13-9-,14-10-,15-11-,24-20-,25-21-,26-22-,27-23-,35-32-,36-33-,37-34-,42-39-,48-45-,51-47-,60-56-,62-58-. The van der Waals surface area contributed by atoms with Crippen LogP contribution in [0.3, 0.4) is 0 Å². The fraction of sp³-hybridized carbons (Fsp3) is 0.600. The van der Waals surface area contributed by atoms with Crippen molar-refractivity contribution in [2.45, 2.75) is 290 Å². The van der Waals surface area contributed by atoms with Crippen molar-refractivity contribution in [2.24, 2.45) is 0 Å². The minimum absolute atomic E-state index is 0.00657. The molecule has 0 spiro atoms. The van der Waals surface area contributed by atoms with E-state index >= 15 is 0 Å². The molecular formula is C85H136O17P2. The Morgan fingerprint density at radius 1 is 0.279 bits per heavy atom. The number of hydrogen-bond donors (Lipinski definition) is 3. The van der Waals surface area contributed by atoms with Crippen LogP contribution in [0.15, 0.2) is 182 Å². The molecule has 0 aliphatic heterocycles. The first-order valence-electron chi connectivity index (χ1n) is 39.0. The first-order valence-corrected chi connectivity index (χ1v) is 42.0. The predicted octanol–water partition coefficient (Wildman–Crippen LogP) is 22.8. The van der Waals surface area contributed by atoms with E-state index in [-0.39, 0.29) is 25.7 Å². The van der Waals surface area contributed by atoms with E-state index in [2.05, 4.69) is 180 Å². The van der Waals surface area contributed by atoms with E-state index in [0.29, 0.717) is 38.5 Å². The molecular weight excluding hydrogens is 1350 g/mol.